The number of nitrogens with one attached hydrogen (secondary N) is 1. The van der Waals surface area contributed by atoms with Crippen molar-refractivity contribution in [2.24, 2.45) is 5.92 Å². The van der Waals surface area contributed by atoms with Crippen LogP contribution in [0.5, 0.6) is 0 Å². The van der Waals surface area contributed by atoms with E-state index in [9.17, 15) is 9.59 Å². The summed E-state index contributed by atoms with van der Waals surface area (Å²) in [4.78, 5) is 29.7. The van der Waals surface area contributed by atoms with Crippen LogP contribution in [0, 0.1) is 12.8 Å². The summed E-state index contributed by atoms with van der Waals surface area (Å²) in [6, 6.07) is 19.0. The highest BCUT2D eigenvalue weighted by Crippen LogP contribution is 2.24. The molecule has 1 aromatic heterocycles. The number of hydrogen-bond acceptors (Lipinski definition) is 2. The second-order valence-electron chi connectivity index (χ2n) is 7.92. The summed E-state index contributed by atoms with van der Waals surface area (Å²) in [6.45, 7) is 6.28. The summed E-state index contributed by atoms with van der Waals surface area (Å²) in [5, 5.41) is 1.28. The Balaban J connectivity index is 1.86. The minimum absolute atomic E-state index is 0.00591. The van der Waals surface area contributed by atoms with Crippen LogP contribution >= 0.6 is 0 Å². The van der Waals surface area contributed by atoms with Crippen molar-refractivity contribution in [1.82, 2.24) is 4.98 Å². The maximum Gasteiger partial charge on any atom is 0.197 e. The summed E-state index contributed by atoms with van der Waals surface area (Å²) >= 11 is 0. The summed E-state index contributed by atoms with van der Waals surface area (Å²) < 4.78 is 0. The Morgan fingerprint density at radius 2 is 1.66 bits per heavy atom. The smallest absolute Gasteiger partial charge is 0.197 e. The number of H-pyrrole nitrogens is 1. The normalized spacial score (nSPS) is 12.4. The van der Waals surface area contributed by atoms with Crippen LogP contribution in [0.25, 0.3) is 21.8 Å². The predicted octanol–water partition coefficient (Wildman–Crippen LogP) is 5.81. The van der Waals surface area contributed by atoms with Crippen molar-refractivity contribution >= 4 is 27.6 Å². The molecule has 3 aromatic carbocycles. The Hall–Kier alpha value is -3.20. The van der Waals surface area contributed by atoms with Gasteiger partial charge in [0.25, 0.3) is 0 Å². The van der Waals surface area contributed by atoms with E-state index in [4.69, 9.17) is 0 Å². The minimum Gasteiger partial charge on any atom is -0.354 e. The number of fused-ring (bicyclic) bond motifs is 2. The van der Waals surface area contributed by atoms with Crippen LogP contribution in [0.15, 0.2) is 65.5 Å². The van der Waals surface area contributed by atoms with Crippen molar-refractivity contribution in [3.05, 3.63) is 93.1 Å². The molecule has 0 fully saturated rings. The molecule has 4 aromatic rings. The van der Waals surface area contributed by atoms with E-state index in [1.165, 1.54) is 0 Å². The quantitative estimate of drug-likeness (QED) is 0.349. The molecule has 0 saturated carbocycles. The van der Waals surface area contributed by atoms with Gasteiger partial charge in [0.2, 0.25) is 0 Å². The molecule has 146 valence electrons. The van der Waals surface area contributed by atoms with Crippen LogP contribution in [0.1, 0.15) is 47.3 Å². The van der Waals surface area contributed by atoms with Crippen molar-refractivity contribution in [1.29, 1.82) is 0 Å². The largest absolute Gasteiger partial charge is 0.354 e. The molecule has 1 heterocycles. The van der Waals surface area contributed by atoms with Crippen molar-refractivity contribution in [2.45, 2.75) is 33.6 Å². The van der Waals surface area contributed by atoms with Gasteiger partial charge in [-0.15, -0.1) is 0 Å². The molecule has 0 aliphatic heterocycles. The van der Waals surface area contributed by atoms with Crippen molar-refractivity contribution in [3.63, 3.8) is 0 Å². The van der Waals surface area contributed by atoms with Crippen LogP contribution < -0.4 is 5.43 Å². The first-order valence-corrected chi connectivity index (χ1v) is 10.2. The maximum atomic E-state index is 13.5. The van der Waals surface area contributed by atoms with Gasteiger partial charge >= 0.3 is 0 Å². The number of pyridine rings is 1. The highest BCUT2D eigenvalue weighted by atomic mass is 16.1. The van der Waals surface area contributed by atoms with Crippen molar-refractivity contribution in [2.75, 3.05) is 0 Å². The van der Waals surface area contributed by atoms with Gasteiger partial charge in [0.1, 0.15) is 0 Å². The predicted molar refractivity (Wildman–Crippen MR) is 120 cm³/mol. The molecular weight excluding hydrogens is 358 g/mol. The van der Waals surface area contributed by atoms with Gasteiger partial charge in [0, 0.05) is 27.4 Å². The molecule has 0 radical (unpaired) electrons. The topological polar surface area (TPSA) is 49.9 Å². The highest BCUT2D eigenvalue weighted by Gasteiger charge is 2.18. The van der Waals surface area contributed by atoms with Gasteiger partial charge in [-0.2, -0.15) is 0 Å². The van der Waals surface area contributed by atoms with Crippen LogP contribution in [-0.2, 0) is 6.42 Å². The van der Waals surface area contributed by atoms with E-state index in [-0.39, 0.29) is 11.2 Å². The fourth-order valence-corrected chi connectivity index (χ4v) is 3.91. The monoisotopic (exact) mass is 383 g/mol. The van der Waals surface area contributed by atoms with Gasteiger partial charge in [0.05, 0.1) is 5.52 Å². The number of aromatic amines is 1. The standard InChI is InChI=1S/C26H25NO2/c1-4-16(2)13-18-9-5-6-10-19(18)25(28)21-15-24-22(14-17(21)3)26(29)20-11-7-8-12-23(20)27-24/h5-12,14-16H,4,13H2,1-3H3,(H,27,29). The molecule has 4 rings (SSSR count). The van der Waals surface area contributed by atoms with E-state index in [1.807, 2.05) is 67.6 Å². The average Bonchev–Trinajstić information content (AvgIpc) is 2.74. The zero-order chi connectivity index (χ0) is 20.5. The number of carbonyl (C=O) groups excluding carboxylic acids is 1. The van der Waals surface area contributed by atoms with Crippen molar-refractivity contribution in [3.8, 4) is 0 Å². The summed E-state index contributed by atoms with van der Waals surface area (Å²) in [5.41, 5.74) is 4.76. The molecule has 29 heavy (non-hydrogen) atoms. The first-order valence-electron chi connectivity index (χ1n) is 10.2. The number of benzene rings is 3. The third kappa shape index (κ3) is 3.49. The molecule has 1 N–H and O–H groups in total. The first kappa shape index (κ1) is 19.1. The van der Waals surface area contributed by atoms with Gasteiger partial charge in [-0.3, -0.25) is 9.59 Å². The Morgan fingerprint density at radius 3 is 2.45 bits per heavy atom. The molecule has 1 unspecified atom stereocenters. The fourth-order valence-electron chi connectivity index (χ4n) is 3.91. The van der Waals surface area contributed by atoms with Crippen LogP contribution in [-0.4, -0.2) is 10.8 Å². The van der Waals surface area contributed by atoms with E-state index in [0.29, 0.717) is 27.8 Å². The molecule has 3 heteroatoms. The molecule has 0 aliphatic rings. The van der Waals surface area contributed by atoms with Crippen LogP contribution in [0.4, 0.5) is 0 Å². The maximum absolute atomic E-state index is 13.5. The zero-order valence-corrected chi connectivity index (χ0v) is 17.1. The van der Waals surface area contributed by atoms with E-state index < -0.39 is 0 Å². The lowest BCUT2D eigenvalue weighted by Crippen LogP contribution is -2.11. The fraction of sp³-hybridized carbons (Fsp3) is 0.231. The Labute approximate surface area is 170 Å². The minimum atomic E-state index is -0.00591. The Bertz CT molecular complexity index is 1280. The van der Waals surface area contributed by atoms with Gasteiger partial charge < -0.3 is 4.98 Å². The zero-order valence-electron chi connectivity index (χ0n) is 17.1. The highest BCUT2D eigenvalue weighted by molar-refractivity contribution is 6.12. The lowest BCUT2D eigenvalue weighted by Gasteiger charge is -2.14. The van der Waals surface area contributed by atoms with Gasteiger partial charge in [-0.05, 0) is 54.7 Å². The third-order valence-corrected chi connectivity index (χ3v) is 5.82. The van der Waals surface area contributed by atoms with E-state index in [0.717, 1.165) is 35.0 Å². The molecule has 1 atom stereocenters. The van der Waals surface area contributed by atoms with Gasteiger partial charge in [-0.1, -0.05) is 56.7 Å². The molecule has 0 amide bonds. The van der Waals surface area contributed by atoms with Gasteiger partial charge in [0.15, 0.2) is 11.2 Å². The molecule has 0 aliphatic carbocycles. The summed E-state index contributed by atoms with van der Waals surface area (Å²) in [7, 11) is 0. The lowest BCUT2D eigenvalue weighted by molar-refractivity contribution is 0.103. The second kappa shape index (κ2) is 7.67. The number of carbonyl (C=O) groups is 1. The number of aryl methyl sites for hydroxylation is 1. The number of rotatable bonds is 5. The molecule has 0 saturated heterocycles. The van der Waals surface area contributed by atoms with Crippen LogP contribution in [0.2, 0.25) is 0 Å². The third-order valence-electron chi connectivity index (χ3n) is 5.82. The second-order valence-corrected chi connectivity index (χ2v) is 7.92. The van der Waals surface area contributed by atoms with E-state index in [2.05, 4.69) is 18.8 Å². The Morgan fingerprint density at radius 1 is 0.931 bits per heavy atom. The van der Waals surface area contributed by atoms with Crippen LogP contribution in [0.3, 0.4) is 0 Å². The molecular formula is C26H25NO2. The van der Waals surface area contributed by atoms with E-state index in [1.54, 1.807) is 0 Å². The number of hydrogen-bond donors (Lipinski definition) is 1. The van der Waals surface area contributed by atoms with Gasteiger partial charge in [-0.25, -0.2) is 0 Å². The number of aromatic nitrogens is 1. The molecule has 0 bridgehead atoms. The Kier molecular flexibility index (Phi) is 5.06. The molecule has 3 nitrogen and oxygen atoms in total. The number of ketones is 1. The number of para-hydroxylation sites is 1. The summed E-state index contributed by atoms with van der Waals surface area (Å²) in [6.07, 6.45) is 1.96. The lowest BCUT2D eigenvalue weighted by atomic mass is 9.90. The van der Waals surface area contributed by atoms with Crippen molar-refractivity contribution < 1.29 is 4.79 Å². The summed E-state index contributed by atoms with van der Waals surface area (Å²) in [5.74, 6) is 0.529. The first-order chi connectivity index (χ1) is 14.0. The average molecular weight is 383 g/mol. The SMILES string of the molecule is CCC(C)Cc1ccccc1C(=O)c1cc2[nH]c3ccccc3c(=O)c2cc1C. The molecule has 0 spiro atoms. The van der Waals surface area contributed by atoms with E-state index >= 15 is 0 Å².